The maximum Gasteiger partial charge on any atom is 1.00 e. The quantitative estimate of drug-likeness (QED) is 0.370. The first kappa shape index (κ1) is 16.9. The van der Waals surface area contributed by atoms with Crippen LogP contribution in [0.25, 0.3) is 0 Å². The molecule has 0 heterocycles. The molecule has 0 aliphatic carbocycles. The van der Waals surface area contributed by atoms with Gasteiger partial charge < -0.3 is 9.90 Å². The van der Waals surface area contributed by atoms with Gasteiger partial charge >= 0.3 is 29.6 Å². The summed E-state index contributed by atoms with van der Waals surface area (Å²) in [6.45, 7) is 2.21. The van der Waals surface area contributed by atoms with Crippen molar-refractivity contribution in [2.24, 2.45) is 0 Å². The van der Waals surface area contributed by atoms with Gasteiger partial charge in [0, 0.05) is 5.97 Å². The summed E-state index contributed by atoms with van der Waals surface area (Å²) < 4.78 is 0. The molecule has 0 N–H and O–H groups in total. The molecule has 0 amide bonds. The maximum absolute atomic E-state index is 10.1. The zero-order valence-corrected chi connectivity index (χ0v) is 11.7. The Labute approximate surface area is 110 Å². The fourth-order valence-electron chi connectivity index (χ4n) is 1.40. The molecule has 0 atom stereocenters. The van der Waals surface area contributed by atoms with E-state index in [1.165, 1.54) is 38.5 Å². The Morgan fingerprint density at radius 1 is 0.929 bits per heavy atom. The van der Waals surface area contributed by atoms with Crippen molar-refractivity contribution in [1.29, 1.82) is 0 Å². The SMILES string of the molecule is CCCCCCCCCCC(=O)[O-].[Na+]. The number of hydrogen-bond donors (Lipinski definition) is 0. The number of aliphatic carboxylic acids is 1. The van der Waals surface area contributed by atoms with E-state index in [9.17, 15) is 9.90 Å². The van der Waals surface area contributed by atoms with Crippen LogP contribution >= 0.6 is 0 Å². The molecule has 0 radical (unpaired) electrons. The van der Waals surface area contributed by atoms with E-state index >= 15 is 0 Å². The van der Waals surface area contributed by atoms with Crippen molar-refractivity contribution in [2.45, 2.75) is 64.7 Å². The maximum atomic E-state index is 10.1. The molecule has 0 saturated heterocycles. The molecule has 3 heteroatoms. The van der Waals surface area contributed by atoms with Crippen LogP contribution in [0.3, 0.4) is 0 Å². The van der Waals surface area contributed by atoms with Crippen molar-refractivity contribution in [2.75, 3.05) is 0 Å². The van der Waals surface area contributed by atoms with E-state index in [-0.39, 0.29) is 36.0 Å². The molecule has 0 spiro atoms. The number of carbonyl (C=O) groups is 1. The normalized spacial score (nSPS) is 9.50. The van der Waals surface area contributed by atoms with Gasteiger partial charge in [0.15, 0.2) is 0 Å². The van der Waals surface area contributed by atoms with Crippen LogP contribution in [0, 0.1) is 0 Å². The second kappa shape index (κ2) is 13.5. The average Bonchev–Trinajstić information content (AvgIpc) is 2.09. The van der Waals surface area contributed by atoms with E-state index in [1.807, 2.05) is 0 Å². The van der Waals surface area contributed by atoms with E-state index in [1.54, 1.807) is 0 Å². The van der Waals surface area contributed by atoms with Gasteiger partial charge in [0.05, 0.1) is 0 Å². The first-order valence-corrected chi connectivity index (χ1v) is 5.47. The van der Waals surface area contributed by atoms with Crippen molar-refractivity contribution in [3.05, 3.63) is 0 Å². The van der Waals surface area contributed by atoms with Crippen LogP contribution in [0.4, 0.5) is 0 Å². The van der Waals surface area contributed by atoms with Crippen molar-refractivity contribution < 1.29 is 39.5 Å². The molecule has 0 unspecified atom stereocenters. The molecule has 2 nitrogen and oxygen atoms in total. The molecule has 0 aliphatic heterocycles. The van der Waals surface area contributed by atoms with Crippen LogP contribution in [0.5, 0.6) is 0 Å². The number of rotatable bonds is 9. The van der Waals surface area contributed by atoms with E-state index in [4.69, 9.17) is 0 Å². The zero-order chi connectivity index (χ0) is 9.94. The molecule has 0 bridgehead atoms. The van der Waals surface area contributed by atoms with Crippen LogP contribution in [-0.2, 0) is 4.79 Å². The van der Waals surface area contributed by atoms with Gasteiger partial charge in [0.2, 0.25) is 0 Å². The molecule has 0 saturated carbocycles. The summed E-state index contributed by atoms with van der Waals surface area (Å²) in [7, 11) is 0. The molecular weight excluding hydrogens is 187 g/mol. The number of carboxylic acids is 1. The summed E-state index contributed by atoms with van der Waals surface area (Å²) in [5.41, 5.74) is 0. The minimum atomic E-state index is -0.911. The Morgan fingerprint density at radius 2 is 1.36 bits per heavy atom. The van der Waals surface area contributed by atoms with Gasteiger partial charge in [-0.25, -0.2) is 0 Å². The van der Waals surface area contributed by atoms with Gasteiger partial charge in [-0.15, -0.1) is 0 Å². The molecule has 0 aliphatic rings. The van der Waals surface area contributed by atoms with Gasteiger partial charge in [0.25, 0.3) is 0 Å². The number of unbranched alkanes of at least 4 members (excludes halogenated alkanes) is 7. The molecule has 14 heavy (non-hydrogen) atoms. The Hall–Kier alpha value is 0.470. The van der Waals surface area contributed by atoms with Gasteiger partial charge in [-0.1, -0.05) is 51.9 Å². The van der Waals surface area contributed by atoms with Gasteiger partial charge in [0.1, 0.15) is 0 Å². The molecule has 0 aromatic heterocycles. The summed E-state index contributed by atoms with van der Waals surface area (Å²) >= 11 is 0. The average molecular weight is 208 g/mol. The predicted octanol–water partition coefficient (Wildman–Crippen LogP) is -0.729. The van der Waals surface area contributed by atoms with Crippen LogP contribution in [0.2, 0.25) is 0 Å². The van der Waals surface area contributed by atoms with Crippen LogP contribution in [0.1, 0.15) is 64.7 Å². The summed E-state index contributed by atoms with van der Waals surface area (Å²) in [6, 6.07) is 0. The van der Waals surface area contributed by atoms with E-state index in [0.717, 1.165) is 12.8 Å². The molecule has 0 rings (SSSR count). The van der Waals surface area contributed by atoms with E-state index in [0.29, 0.717) is 0 Å². The minimum Gasteiger partial charge on any atom is -0.550 e. The van der Waals surface area contributed by atoms with Crippen LogP contribution in [0.15, 0.2) is 0 Å². The van der Waals surface area contributed by atoms with Crippen molar-refractivity contribution in [3.63, 3.8) is 0 Å². The third kappa shape index (κ3) is 15.0. The van der Waals surface area contributed by atoms with Gasteiger partial charge in [-0.05, 0) is 12.8 Å². The zero-order valence-electron chi connectivity index (χ0n) is 9.68. The summed E-state index contributed by atoms with van der Waals surface area (Å²) in [5.74, 6) is -0.911. The standard InChI is InChI=1S/C11H22O2.Na/c1-2-3-4-5-6-7-8-9-10-11(12)13;/h2-10H2,1H3,(H,12,13);/q;+1/p-1. The van der Waals surface area contributed by atoms with Crippen LogP contribution < -0.4 is 34.7 Å². The summed E-state index contributed by atoms with van der Waals surface area (Å²) in [6.07, 6.45) is 9.75. The Morgan fingerprint density at radius 3 is 1.79 bits per heavy atom. The fourth-order valence-corrected chi connectivity index (χ4v) is 1.40. The smallest absolute Gasteiger partial charge is 0.550 e. The first-order valence-electron chi connectivity index (χ1n) is 5.47. The first-order chi connectivity index (χ1) is 6.27. The Kier molecular flexibility index (Phi) is 16.2. The largest absolute Gasteiger partial charge is 1.00 e. The second-order valence-corrected chi connectivity index (χ2v) is 3.60. The minimum absolute atomic E-state index is 0. The molecule has 78 valence electrons. The molecular formula is C11H21NaO2. The summed E-state index contributed by atoms with van der Waals surface area (Å²) in [4.78, 5) is 10.1. The second-order valence-electron chi connectivity index (χ2n) is 3.60. The van der Waals surface area contributed by atoms with Gasteiger partial charge in [-0.3, -0.25) is 0 Å². The van der Waals surface area contributed by atoms with Gasteiger partial charge in [-0.2, -0.15) is 0 Å². The van der Waals surface area contributed by atoms with Crippen molar-refractivity contribution >= 4 is 5.97 Å². The topological polar surface area (TPSA) is 40.1 Å². The van der Waals surface area contributed by atoms with E-state index < -0.39 is 5.97 Å². The third-order valence-electron chi connectivity index (χ3n) is 2.23. The Balaban J connectivity index is 0. The number of hydrogen-bond acceptors (Lipinski definition) is 2. The fraction of sp³-hybridized carbons (Fsp3) is 0.909. The van der Waals surface area contributed by atoms with Crippen LogP contribution in [-0.4, -0.2) is 5.97 Å². The monoisotopic (exact) mass is 208 g/mol. The van der Waals surface area contributed by atoms with E-state index in [2.05, 4.69) is 6.92 Å². The summed E-state index contributed by atoms with van der Waals surface area (Å²) in [5, 5.41) is 10.1. The third-order valence-corrected chi connectivity index (χ3v) is 2.23. The number of carbonyl (C=O) groups excluding carboxylic acids is 1. The Bertz CT molecular complexity index is 126. The molecule has 0 aromatic carbocycles. The molecule has 0 aromatic rings. The molecule has 0 fully saturated rings. The predicted molar refractivity (Wildman–Crippen MR) is 52.2 cm³/mol. The number of carboxylic acid groups (broad SMARTS) is 1. The van der Waals surface area contributed by atoms with Crippen molar-refractivity contribution in [1.82, 2.24) is 0 Å². The van der Waals surface area contributed by atoms with Crippen molar-refractivity contribution in [3.8, 4) is 0 Å².